The summed E-state index contributed by atoms with van der Waals surface area (Å²) < 4.78 is 44.6. The molecule has 1 aliphatic rings. The van der Waals surface area contributed by atoms with Crippen LogP contribution in [-0.4, -0.2) is 69.8 Å². The number of ether oxygens (including phenoxy) is 3. The van der Waals surface area contributed by atoms with Crippen LogP contribution < -0.4 is 19.1 Å². The van der Waals surface area contributed by atoms with Gasteiger partial charge in [-0.25, -0.2) is 9.52 Å². The molecule has 34 heavy (non-hydrogen) atoms. The van der Waals surface area contributed by atoms with Gasteiger partial charge in [0.2, 0.25) is 0 Å². The van der Waals surface area contributed by atoms with E-state index in [1.54, 1.807) is 32.9 Å². The van der Waals surface area contributed by atoms with Crippen LogP contribution >= 0.6 is 0 Å². The third-order valence-electron chi connectivity index (χ3n) is 5.19. The molecule has 1 aromatic heterocycles. The minimum Gasteiger partial charge on any atom is -0.493 e. The number of hydrogen-bond acceptors (Lipinski definition) is 9. The molecule has 0 aliphatic carbocycles. The zero-order valence-electron chi connectivity index (χ0n) is 19.9. The van der Waals surface area contributed by atoms with Gasteiger partial charge in [-0.2, -0.15) is 18.0 Å². The van der Waals surface area contributed by atoms with Gasteiger partial charge in [-0.1, -0.05) is 0 Å². The smallest absolute Gasteiger partial charge is 0.422 e. The van der Waals surface area contributed by atoms with Crippen LogP contribution in [0, 0.1) is 11.3 Å². The van der Waals surface area contributed by atoms with Crippen molar-refractivity contribution in [3.05, 3.63) is 23.9 Å². The number of anilines is 1. The van der Waals surface area contributed by atoms with E-state index in [-0.39, 0.29) is 13.1 Å². The zero-order chi connectivity index (χ0) is 25.1. The summed E-state index contributed by atoms with van der Waals surface area (Å²) in [6.07, 6.45) is 0.950. The highest BCUT2D eigenvalue weighted by Crippen LogP contribution is 2.37. The predicted octanol–water partition coefficient (Wildman–Crippen LogP) is 2.41. The van der Waals surface area contributed by atoms with Gasteiger partial charge in [0.05, 0.1) is 31.0 Å². The van der Waals surface area contributed by atoms with Crippen LogP contribution in [0.25, 0.3) is 10.9 Å². The number of pyridine rings is 1. The number of methoxy groups -OCH3 is 2. The fourth-order valence-corrected chi connectivity index (χ4v) is 4.83. The molecule has 1 aromatic carbocycles. The van der Waals surface area contributed by atoms with Gasteiger partial charge in [0.25, 0.3) is 0 Å². The number of hydrogen-bond donors (Lipinski definition) is 1. The summed E-state index contributed by atoms with van der Waals surface area (Å²) in [4.78, 5) is 18.4. The molecule has 2 aromatic rings. The number of carbonyl (C=O) groups excluding carboxylic acids is 1. The van der Waals surface area contributed by atoms with Crippen molar-refractivity contribution in [3.8, 4) is 17.6 Å². The van der Waals surface area contributed by atoms with E-state index in [0.29, 0.717) is 53.2 Å². The van der Waals surface area contributed by atoms with Crippen molar-refractivity contribution in [1.82, 2.24) is 14.0 Å². The Morgan fingerprint density at radius 2 is 1.79 bits per heavy atom. The summed E-state index contributed by atoms with van der Waals surface area (Å²) in [5.41, 5.74) is 0.803. The van der Waals surface area contributed by atoms with Crippen LogP contribution in [-0.2, 0) is 14.9 Å². The first-order chi connectivity index (χ1) is 16.0. The Morgan fingerprint density at radius 3 is 2.41 bits per heavy atom. The molecule has 184 valence electrons. The number of nitrogens with zero attached hydrogens (tertiary/aromatic N) is 4. The molecule has 2 heterocycles. The molecule has 0 atom stereocenters. The SMILES string of the molecule is COc1cc2ncc(C#N)c(N3CCCN(S(=O)(=O)NC(=O)OC(C)(C)C)CC3)c2cc1OC. The first-order valence-corrected chi connectivity index (χ1v) is 12.1. The summed E-state index contributed by atoms with van der Waals surface area (Å²) in [6, 6.07) is 5.68. The summed E-state index contributed by atoms with van der Waals surface area (Å²) in [5, 5.41) is 10.4. The van der Waals surface area contributed by atoms with E-state index < -0.39 is 21.9 Å². The van der Waals surface area contributed by atoms with Crippen LogP contribution in [0.4, 0.5) is 10.5 Å². The van der Waals surface area contributed by atoms with E-state index >= 15 is 0 Å². The van der Waals surface area contributed by atoms with Crippen molar-refractivity contribution in [2.45, 2.75) is 32.8 Å². The van der Waals surface area contributed by atoms with Gasteiger partial charge in [0.1, 0.15) is 11.7 Å². The molecule has 1 aliphatic heterocycles. The second kappa shape index (κ2) is 9.90. The number of benzene rings is 1. The third kappa shape index (κ3) is 5.60. The standard InChI is InChI=1S/C22H29N5O6S/c1-22(2,3)33-21(28)25-34(29,30)27-8-6-7-26(9-10-27)20-15(13-23)14-24-17-12-19(32-5)18(31-4)11-16(17)20/h11-12,14H,6-10H2,1-5H3,(H,25,28). The molecule has 0 spiro atoms. The fourth-order valence-electron chi connectivity index (χ4n) is 3.75. The molecule has 0 saturated carbocycles. The maximum Gasteiger partial charge on any atom is 0.422 e. The zero-order valence-corrected chi connectivity index (χ0v) is 20.7. The number of aromatic nitrogens is 1. The molecule has 1 fully saturated rings. The minimum absolute atomic E-state index is 0.111. The quantitative estimate of drug-likeness (QED) is 0.669. The first-order valence-electron chi connectivity index (χ1n) is 10.7. The van der Waals surface area contributed by atoms with Crippen molar-refractivity contribution in [2.24, 2.45) is 0 Å². The highest BCUT2D eigenvalue weighted by molar-refractivity contribution is 7.87. The Hall–Kier alpha value is -3.30. The maximum absolute atomic E-state index is 12.8. The summed E-state index contributed by atoms with van der Waals surface area (Å²) >= 11 is 0. The monoisotopic (exact) mass is 491 g/mol. The second-order valence-electron chi connectivity index (χ2n) is 8.71. The fraction of sp³-hybridized carbons (Fsp3) is 0.500. The van der Waals surface area contributed by atoms with Gasteiger partial charge in [0, 0.05) is 43.8 Å². The average molecular weight is 492 g/mol. The highest BCUT2D eigenvalue weighted by Gasteiger charge is 2.30. The number of nitrogens with one attached hydrogen (secondary N) is 1. The van der Waals surface area contributed by atoms with E-state index in [1.807, 2.05) is 9.62 Å². The summed E-state index contributed by atoms with van der Waals surface area (Å²) in [5.74, 6) is 1.01. The van der Waals surface area contributed by atoms with Crippen LogP contribution in [0.15, 0.2) is 18.3 Å². The Balaban J connectivity index is 1.89. The third-order valence-corrected chi connectivity index (χ3v) is 6.66. The lowest BCUT2D eigenvalue weighted by molar-refractivity contribution is 0.0567. The normalized spacial score (nSPS) is 15.4. The predicted molar refractivity (Wildman–Crippen MR) is 126 cm³/mol. The summed E-state index contributed by atoms with van der Waals surface area (Å²) in [7, 11) is -1.04. The van der Waals surface area contributed by atoms with Gasteiger partial charge in [-0.05, 0) is 33.3 Å². The molecule has 1 N–H and O–H groups in total. The minimum atomic E-state index is -4.09. The van der Waals surface area contributed by atoms with Crippen molar-refractivity contribution in [2.75, 3.05) is 45.3 Å². The Labute approximate surface area is 199 Å². The largest absolute Gasteiger partial charge is 0.493 e. The number of carbonyl (C=O) groups is 1. The van der Waals surface area contributed by atoms with Gasteiger partial charge >= 0.3 is 16.3 Å². The highest BCUT2D eigenvalue weighted by atomic mass is 32.2. The van der Waals surface area contributed by atoms with Crippen molar-refractivity contribution < 1.29 is 27.4 Å². The van der Waals surface area contributed by atoms with Crippen LogP contribution in [0.1, 0.15) is 32.8 Å². The van der Waals surface area contributed by atoms with Gasteiger partial charge in [-0.3, -0.25) is 4.98 Å². The van der Waals surface area contributed by atoms with Crippen molar-refractivity contribution >= 4 is 32.9 Å². The lowest BCUT2D eigenvalue weighted by atomic mass is 10.1. The van der Waals surface area contributed by atoms with Gasteiger partial charge < -0.3 is 19.1 Å². The number of fused-ring (bicyclic) bond motifs is 1. The molecular weight excluding hydrogens is 462 g/mol. The van der Waals surface area contributed by atoms with E-state index in [9.17, 15) is 18.5 Å². The number of rotatable bonds is 5. The maximum atomic E-state index is 12.8. The molecule has 12 heteroatoms. The molecular formula is C22H29N5O6S. The van der Waals surface area contributed by atoms with Crippen LogP contribution in [0.3, 0.4) is 0 Å². The molecule has 1 amide bonds. The Morgan fingerprint density at radius 1 is 1.12 bits per heavy atom. The van der Waals surface area contributed by atoms with Crippen molar-refractivity contribution in [3.63, 3.8) is 0 Å². The molecule has 0 bridgehead atoms. The van der Waals surface area contributed by atoms with Gasteiger partial charge in [0.15, 0.2) is 11.5 Å². The molecule has 3 rings (SSSR count). The lowest BCUT2D eigenvalue weighted by Gasteiger charge is -2.26. The Bertz CT molecular complexity index is 1220. The average Bonchev–Trinajstić information content (AvgIpc) is 3.02. The first kappa shape index (κ1) is 25.3. The van der Waals surface area contributed by atoms with E-state index in [0.717, 1.165) is 0 Å². The number of amides is 1. The van der Waals surface area contributed by atoms with E-state index in [1.165, 1.54) is 24.7 Å². The molecule has 11 nitrogen and oxygen atoms in total. The lowest BCUT2D eigenvalue weighted by Crippen LogP contribution is -2.46. The topological polar surface area (TPSA) is 134 Å². The molecule has 0 unspecified atom stereocenters. The molecule has 0 radical (unpaired) electrons. The Kier molecular flexibility index (Phi) is 7.38. The number of nitriles is 1. The molecule has 1 saturated heterocycles. The van der Waals surface area contributed by atoms with Crippen LogP contribution in [0.2, 0.25) is 0 Å². The van der Waals surface area contributed by atoms with E-state index in [4.69, 9.17) is 14.2 Å². The van der Waals surface area contributed by atoms with Crippen molar-refractivity contribution in [1.29, 1.82) is 5.26 Å². The summed E-state index contributed by atoms with van der Waals surface area (Å²) in [6.45, 7) is 6.08. The van der Waals surface area contributed by atoms with Crippen LogP contribution in [0.5, 0.6) is 11.5 Å². The second-order valence-corrected chi connectivity index (χ2v) is 10.4. The van der Waals surface area contributed by atoms with Gasteiger partial charge in [-0.15, -0.1) is 0 Å². The van der Waals surface area contributed by atoms with E-state index in [2.05, 4.69) is 11.1 Å².